The Balaban J connectivity index is 1.56. The molecule has 0 amide bonds. The van der Waals surface area contributed by atoms with Gasteiger partial charge >= 0.3 is 0 Å². The lowest BCUT2D eigenvalue weighted by molar-refractivity contribution is -0.114. The minimum atomic E-state index is 0.0414. The second-order valence-electron chi connectivity index (χ2n) is 6.13. The summed E-state index contributed by atoms with van der Waals surface area (Å²) in [6.45, 7) is 0. The van der Waals surface area contributed by atoms with E-state index in [1.165, 1.54) is 13.2 Å². The first-order valence-corrected chi connectivity index (χ1v) is 8.43. The number of aromatic amines is 1. The molecule has 5 heteroatoms. The molecule has 1 aromatic heterocycles. The fraction of sp³-hybridized carbons (Fsp3) is 0.190. The molecule has 0 saturated heterocycles. The van der Waals surface area contributed by atoms with Crippen LogP contribution < -0.4 is 4.74 Å². The molecule has 3 rings (SSSR count). The first-order valence-electron chi connectivity index (χ1n) is 8.43. The molecule has 26 heavy (non-hydrogen) atoms. The van der Waals surface area contributed by atoms with Crippen LogP contribution in [-0.4, -0.2) is 28.1 Å². The molecule has 5 nitrogen and oxygen atoms in total. The molecule has 0 fully saturated rings. The van der Waals surface area contributed by atoms with Crippen molar-refractivity contribution in [2.45, 2.75) is 19.3 Å². The number of ketones is 1. The van der Waals surface area contributed by atoms with Crippen molar-refractivity contribution in [3.05, 3.63) is 59.8 Å². The summed E-state index contributed by atoms with van der Waals surface area (Å²) in [4.78, 5) is 15.2. The van der Waals surface area contributed by atoms with Crippen LogP contribution in [-0.2, 0) is 11.2 Å². The fourth-order valence-electron chi connectivity index (χ4n) is 2.90. The van der Waals surface area contributed by atoms with Crippen LogP contribution in [0.2, 0.25) is 0 Å². The van der Waals surface area contributed by atoms with Crippen molar-refractivity contribution >= 4 is 22.8 Å². The lowest BCUT2D eigenvalue weighted by atomic mass is 10.0. The predicted octanol–water partition coefficient (Wildman–Crippen LogP) is 4.19. The number of carbonyl (C=O) groups excluding carboxylic acids is 1. The number of benzene rings is 2. The lowest BCUT2D eigenvalue weighted by Crippen LogP contribution is -1.94. The van der Waals surface area contributed by atoms with Crippen LogP contribution in [0.15, 0.2) is 48.7 Å². The summed E-state index contributed by atoms with van der Waals surface area (Å²) >= 11 is 0. The standard InChI is InChI=1S/C21H21NO4/c1-26-21-11-14(6-10-20(21)25)5-7-16(23)4-2-3-15-13-22-19-9-8-17(24)12-18(15)19/h5-13,22,24-25H,2-4H2,1H3/b7-5+. The number of hydrogen-bond acceptors (Lipinski definition) is 4. The molecule has 0 unspecified atom stereocenters. The Morgan fingerprint density at radius 2 is 2.04 bits per heavy atom. The zero-order valence-electron chi connectivity index (χ0n) is 14.5. The number of fused-ring (bicyclic) bond motifs is 1. The minimum Gasteiger partial charge on any atom is -0.508 e. The quantitative estimate of drug-likeness (QED) is 0.557. The Hall–Kier alpha value is -3.21. The van der Waals surface area contributed by atoms with E-state index in [0.29, 0.717) is 12.2 Å². The van der Waals surface area contributed by atoms with Crippen LogP contribution in [0.1, 0.15) is 24.0 Å². The normalized spacial score (nSPS) is 11.3. The van der Waals surface area contributed by atoms with E-state index in [0.717, 1.165) is 34.9 Å². The molecule has 0 aliphatic carbocycles. The largest absolute Gasteiger partial charge is 0.508 e. The van der Waals surface area contributed by atoms with E-state index in [4.69, 9.17) is 4.74 Å². The van der Waals surface area contributed by atoms with Gasteiger partial charge in [0.1, 0.15) is 5.75 Å². The highest BCUT2D eigenvalue weighted by Gasteiger charge is 2.06. The molecule has 0 saturated carbocycles. The second-order valence-corrected chi connectivity index (χ2v) is 6.13. The van der Waals surface area contributed by atoms with Crippen LogP contribution in [0.25, 0.3) is 17.0 Å². The van der Waals surface area contributed by atoms with Crippen LogP contribution >= 0.6 is 0 Å². The van der Waals surface area contributed by atoms with Gasteiger partial charge in [-0.25, -0.2) is 0 Å². The number of phenolic OH excluding ortho intramolecular Hbond substituents is 2. The summed E-state index contributed by atoms with van der Waals surface area (Å²) in [5, 5.41) is 20.2. The van der Waals surface area contributed by atoms with Gasteiger partial charge in [0.05, 0.1) is 7.11 Å². The van der Waals surface area contributed by atoms with Crippen molar-refractivity contribution in [3.63, 3.8) is 0 Å². The number of ether oxygens (including phenoxy) is 1. The third-order valence-electron chi connectivity index (χ3n) is 4.29. The van der Waals surface area contributed by atoms with Crippen molar-refractivity contribution in [2.75, 3.05) is 7.11 Å². The van der Waals surface area contributed by atoms with Gasteiger partial charge < -0.3 is 19.9 Å². The van der Waals surface area contributed by atoms with Gasteiger partial charge in [0.15, 0.2) is 17.3 Å². The molecular weight excluding hydrogens is 330 g/mol. The molecule has 0 atom stereocenters. The maximum atomic E-state index is 12.1. The van der Waals surface area contributed by atoms with Gasteiger partial charge in [0.2, 0.25) is 0 Å². The maximum Gasteiger partial charge on any atom is 0.161 e. The number of carbonyl (C=O) groups is 1. The number of nitrogens with one attached hydrogen (secondary N) is 1. The fourth-order valence-corrected chi connectivity index (χ4v) is 2.90. The summed E-state index contributed by atoms with van der Waals surface area (Å²) < 4.78 is 5.05. The maximum absolute atomic E-state index is 12.1. The second kappa shape index (κ2) is 7.78. The summed E-state index contributed by atoms with van der Waals surface area (Å²) in [6.07, 6.45) is 7.12. The van der Waals surface area contributed by atoms with Gasteiger partial charge in [-0.15, -0.1) is 0 Å². The third-order valence-corrected chi connectivity index (χ3v) is 4.29. The molecule has 0 aliphatic rings. The van der Waals surface area contributed by atoms with Crippen molar-refractivity contribution in [2.24, 2.45) is 0 Å². The van der Waals surface area contributed by atoms with E-state index in [9.17, 15) is 15.0 Å². The van der Waals surface area contributed by atoms with E-state index in [2.05, 4.69) is 4.98 Å². The molecule has 134 valence electrons. The van der Waals surface area contributed by atoms with Crippen LogP contribution in [0.5, 0.6) is 17.2 Å². The summed E-state index contributed by atoms with van der Waals surface area (Å²) in [5.41, 5.74) is 2.86. The highest BCUT2D eigenvalue weighted by molar-refractivity contribution is 5.93. The first-order chi connectivity index (χ1) is 12.6. The number of H-pyrrole nitrogens is 1. The Morgan fingerprint density at radius 3 is 2.85 bits per heavy atom. The van der Waals surface area contributed by atoms with Crippen molar-refractivity contribution < 1.29 is 19.7 Å². The number of aromatic nitrogens is 1. The third kappa shape index (κ3) is 4.06. The molecule has 0 bridgehead atoms. The zero-order chi connectivity index (χ0) is 18.5. The van der Waals surface area contributed by atoms with Crippen LogP contribution in [0, 0.1) is 0 Å². The highest BCUT2D eigenvalue weighted by Crippen LogP contribution is 2.27. The van der Waals surface area contributed by atoms with Crippen LogP contribution in [0.4, 0.5) is 0 Å². The van der Waals surface area contributed by atoms with E-state index in [1.54, 1.807) is 36.4 Å². The lowest BCUT2D eigenvalue weighted by Gasteiger charge is -2.03. The van der Waals surface area contributed by atoms with Gasteiger partial charge in [0.25, 0.3) is 0 Å². The predicted molar refractivity (Wildman–Crippen MR) is 102 cm³/mol. The zero-order valence-corrected chi connectivity index (χ0v) is 14.5. The average Bonchev–Trinajstić information content (AvgIpc) is 3.03. The Morgan fingerprint density at radius 1 is 1.19 bits per heavy atom. The molecule has 0 spiro atoms. The number of phenols is 2. The summed E-state index contributed by atoms with van der Waals surface area (Å²) in [7, 11) is 1.48. The minimum absolute atomic E-state index is 0.0414. The number of hydrogen-bond donors (Lipinski definition) is 3. The molecular formula is C21H21NO4. The molecule has 3 aromatic rings. The number of methoxy groups -OCH3 is 1. The van der Waals surface area contributed by atoms with E-state index in [1.807, 2.05) is 12.3 Å². The number of allylic oxidation sites excluding steroid dienone is 1. The van der Waals surface area contributed by atoms with Gasteiger partial charge in [-0.1, -0.05) is 12.1 Å². The van der Waals surface area contributed by atoms with E-state index in [-0.39, 0.29) is 17.3 Å². The molecule has 1 heterocycles. The molecule has 0 radical (unpaired) electrons. The monoisotopic (exact) mass is 351 g/mol. The van der Waals surface area contributed by atoms with Gasteiger partial charge in [-0.2, -0.15) is 0 Å². The van der Waals surface area contributed by atoms with Gasteiger partial charge in [0, 0.05) is 23.5 Å². The Bertz CT molecular complexity index is 956. The SMILES string of the molecule is COc1cc(/C=C/C(=O)CCCc2c[nH]c3ccc(O)cc23)ccc1O. The molecule has 3 N–H and O–H groups in total. The van der Waals surface area contributed by atoms with Gasteiger partial charge in [-0.05, 0) is 60.4 Å². The number of aryl methyl sites for hydroxylation is 1. The summed E-state index contributed by atoms with van der Waals surface area (Å²) in [5.74, 6) is 0.726. The molecule has 0 aliphatic heterocycles. The smallest absolute Gasteiger partial charge is 0.161 e. The Labute approximate surface area is 151 Å². The van der Waals surface area contributed by atoms with E-state index >= 15 is 0 Å². The molecule has 2 aromatic carbocycles. The number of aromatic hydroxyl groups is 2. The average molecular weight is 351 g/mol. The van der Waals surface area contributed by atoms with Gasteiger partial charge in [-0.3, -0.25) is 4.79 Å². The van der Waals surface area contributed by atoms with Crippen molar-refractivity contribution in [1.29, 1.82) is 0 Å². The topological polar surface area (TPSA) is 82.6 Å². The summed E-state index contributed by atoms with van der Waals surface area (Å²) in [6, 6.07) is 10.2. The number of rotatable bonds is 7. The first kappa shape index (κ1) is 17.6. The van der Waals surface area contributed by atoms with Crippen LogP contribution in [0.3, 0.4) is 0 Å². The highest BCUT2D eigenvalue weighted by atomic mass is 16.5. The van der Waals surface area contributed by atoms with E-state index < -0.39 is 0 Å². The Kier molecular flexibility index (Phi) is 5.27. The van der Waals surface area contributed by atoms with Crippen molar-refractivity contribution in [3.8, 4) is 17.2 Å². The van der Waals surface area contributed by atoms with Crippen molar-refractivity contribution in [1.82, 2.24) is 4.98 Å².